The molecule has 0 aliphatic rings. The largest absolute Gasteiger partial charge is 0.347 e. The van der Waals surface area contributed by atoms with E-state index in [1.807, 2.05) is 17.5 Å². The topological polar surface area (TPSA) is 46.2 Å². The minimum atomic E-state index is -0.556. The Kier molecular flexibility index (Phi) is 3.92. The molecule has 0 aromatic carbocycles. The average molecular weight is 218 g/mol. The Bertz CT molecular complexity index is 297. The molecule has 1 aromatic heterocycles. The summed E-state index contributed by atoms with van der Waals surface area (Å²) in [6, 6.07) is 3.74. The third-order valence-corrected chi connectivity index (χ3v) is 2.35. The van der Waals surface area contributed by atoms with Gasteiger partial charge >= 0.3 is 0 Å². The molecule has 1 heterocycles. The van der Waals surface area contributed by atoms with Crippen LogP contribution in [-0.2, 0) is 16.0 Å². The van der Waals surface area contributed by atoms with Crippen LogP contribution in [0.1, 0.15) is 4.88 Å². The molecular weight excluding hydrogens is 210 g/mol. The lowest BCUT2D eigenvalue weighted by atomic mass is 10.3. The van der Waals surface area contributed by atoms with Crippen molar-refractivity contribution in [1.82, 2.24) is 5.32 Å². The summed E-state index contributed by atoms with van der Waals surface area (Å²) in [4.78, 5) is 22.4. The van der Waals surface area contributed by atoms with E-state index in [4.69, 9.17) is 11.6 Å². The first kappa shape index (κ1) is 10.2. The van der Waals surface area contributed by atoms with Gasteiger partial charge in [-0.25, -0.2) is 0 Å². The summed E-state index contributed by atoms with van der Waals surface area (Å²) in [5.74, 6) is -0.184. The predicted molar refractivity (Wildman–Crippen MR) is 51.9 cm³/mol. The SMILES string of the molecule is O=C(Cl)CNC(=O)Cc1cccs1. The Balaban J connectivity index is 2.30. The molecule has 13 heavy (non-hydrogen) atoms. The van der Waals surface area contributed by atoms with E-state index in [0.717, 1.165) is 4.88 Å². The molecule has 0 aliphatic carbocycles. The highest BCUT2D eigenvalue weighted by Crippen LogP contribution is 2.08. The lowest BCUT2D eigenvalue weighted by molar-refractivity contribution is -0.122. The van der Waals surface area contributed by atoms with Crippen molar-refractivity contribution in [2.45, 2.75) is 6.42 Å². The maximum Gasteiger partial charge on any atom is 0.240 e. The van der Waals surface area contributed by atoms with Crippen LogP contribution in [-0.4, -0.2) is 17.7 Å². The first-order chi connectivity index (χ1) is 6.18. The summed E-state index contributed by atoms with van der Waals surface area (Å²) in [7, 11) is 0. The second kappa shape index (κ2) is 4.99. The first-order valence-corrected chi connectivity index (χ1v) is 4.91. The van der Waals surface area contributed by atoms with Crippen molar-refractivity contribution in [2.24, 2.45) is 0 Å². The van der Waals surface area contributed by atoms with Gasteiger partial charge in [-0.1, -0.05) is 6.07 Å². The number of thiophene rings is 1. The Morgan fingerprint density at radius 1 is 1.54 bits per heavy atom. The lowest BCUT2D eigenvalue weighted by Gasteiger charge is -1.99. The zero-order valence-electron chi connectivity index (χ0n) is 6.75. The fourth-order valence-corrected chi connectivity index (χ4v) is 1.57. The number of rotatable bonds is 4. The molecule has 0 atom stereocenters. The third kappa shape index (κ3) is 4.05. The van der Waals surface area contributed by atoms with Gasteiger partial charge in [0.05, 0.1) is 13.0 Å². The monoisotopic (exact) mass is 217 g/mol. The predicted octanol–water partition coefficient (Wildman–Crippen LogP) is 1.17. The molecule has 5 heteroatoms. The molecule has 0 bridgehead atoms. The summed E-state index contributed by atoms with van der Waals surface area (Å²) in [5, 5.41) is 3.75. The van der Waals surface area contributed by atoms with Crippen molar-refractivity contribution >= 4 is 34.1 Å². The summed E-state index contributed by atoms with van der Waals surface area (Å²) in [6.45, 7) is -0.105. The normalized spacial score (nSPS) is 9.62. The molecule has 3 nitrogen and oxygen atoms in total. The van der Waals surface area contributed by atoms with Crippen LogP contribution in [0.4, 0.5) is 0 Å². The Labute approximate surface area is 84.7 Å². The smallest absolute Gasteiger partial charge is 0.240 e. The number of carbonyl (C=O) groups excluding carboxylic acids is 2. The van der Waals surface area contributed by atoms with Gasteiger partial charge in [-0.15, -0.1) is 11.3 Å². The van der Waals surface area contributed by atoms with E-state index < -0.39 is 5.24 Å². The van der Waals surface area contributed by atoms with Crippen molar-refractivity contribution in [3.8, 4) is 0 Å². The van der Waals surface area contributed by atoms with Gasteiger partial charge in [-0.3, -0.25) is 9.59 Å². The zero-order valence-corrected chi connectivity index (χ0v) is 8.32. The highest BCUT2D eigenvalue weighted by molar-refractivity contribution is 7.10. The Morgan fingerprint density at radius 2 is 2.31 bits per heavy atom. The van der Waals surface area contributed by atoms with Crippen LogP contribution in [0, 0.1) is 0 Å². The van der Waals surface area contributed by atoms with Crippen molar-refractivity contribution in [3.05, 3.63) is 22.4 Å². The van der Waals surface area contributed by atoms with Crippen LogP contribution < -0.4 is 5.32 Å². The fraction of sp³-hybridized carbons (Fsp3) is 0.250. The van der Waals surface area contributed by atoms with Gasteiger partial charge in [-0.2, -0.15) is 0 Å². The molecule has 70 valence electrons. The molecular formula is C8H8ClNO2S. The van der Waals surface area contributed by atoms with E-state index in [9.17, 15) is 9.59 Å². The quantitative estimate of drug-likeness (QED) is 0.770. The zero-order chi connectivity index (χ0) is 9.68. The molecule has 0 spiro atoms. The minimum Gasteiger partial charge on any atom is -0.347 e. The van der Waals surface area contributed by atoms with Crippen LogP contribution in [0.15, 0.2) is 17.5 Å². The van der Waals surface area contributed by atoms with Gasteiger partial charge in [0.15, 0.2) is 0 Å². The van der Waals surface area contributed by atoms with Gasteiger partial charge in [0, 0.05) is 4.88 Å². The van der Waals surface area contributed by atoms with E-state index in [0.29, 0.717) is 6.42 Å². The van der Waals surface area contributed by atoms with Crippen molar-refractivity contribution in [1.29, 1.82) is 0 Å². The second-order valence-corrected chi connectivity index (χ2v) is 3.84. The van der Waals surface area contributed by atoms with Crippen LogP contribution in [0.5, 0.6) is 0 Å². The highest BCUT2D eigenvalue weighted by Gasteiger charge is 2.04. The minimum absolute atomic E-state index is 0.105. The Morgan fingerprint density at radius 3 is 2.85 bits per heavy atom. The maximum atomic E-state index is 11.1. The van der Waals surface area contributed by atoms with E-state index in [1.54, 1.807) is 0 Å². The molecule has 1 N–H and O–H groups in total. The van der Waals surface area contributed by atoms with E-state index >= 15 is 0 Å². The number of halogens is 1. The number of nitrogens with one attached hydrogen (secondary N) is 1. The first-order valence-electron chi connectivity index (χ1n) is 3.66. The van der Waals surface area contributed by atoms with E-state index in [2.05, 4.69) is 5.32 Å². The third-order valence-electron chi connectivity index (χ3n) is 1.34. The van der Waals surface area contributed by atoms with Crippen molar-refractivity contribution in [3.63, 3.8) is 0 Å². The van der Waals surface area contributed by atoms with Gasteiger partial charge < -0.3 is 5.32 Å². The molecule has 0 unspecified atom stereocenters. The van der Waals surface area contributed by atoms with Gasteiger partial charge in [0.25, 0.3) is 0 Å². The van der Waals surface area contributed by atoms with Crippen molar-refractivity contribution < 1.29 is 9.59 Å². The van der Waals surface area contributed by atoms with Crippen LogP contribution in [0.25, 0.3) is 0 Å². The van der Waals surface area contributed by atoms with E-state index in [-0.39, 0.29) is 12.5 Å². The van der Waals surface area contributed by atoms with Gasteiger partial charge in [0.2, 0.25) is 11.1 Å². The van der Waals surface area contributed by atoms with Crippen LogP contribution >= 0.6 is 22.9 Å². The number of hydrogen-bond acceptors (Lipinski definition) is 3. The van der Waals surface area contributed by atoms with Crippen LogP contribution in [0.2, 0.25) is 0 Å². The molecule has 1 aromatic rings. The molecule has 0 saturated heterocycles. The number of amides is 1. The lowest BCUT2D eigenvalue weighted by Crippen LogP contribution is -2.28. The van der Waals surface area contributed by atoms with E-state index in [1.165, 1.54) is 11.3 Å². The summed E-state index contributed by atoms with van der Waals surface area (Å²) in [5.41, 5.74) is 0. The van der Waals surface area contributed by atoms with Gasteiger partial charge in [-0.05, 0) is 23.0 Å². The molecule has 0 radical (unpaired) electrons. The highest BCUT2D eigenvalue weighted by atomic mass is 35.5. The van der Waals surface area contributed by atoms with Crippen molar-refractivity contribution in [2.75, 3.05) is 6.54 Å². The fourth-order valence-electron chi connectivity index (χ4n) is 0.802. The molecule has 1 amide bonds. The maximum absolute atomic E-state index is 11.1. The number of hydrogen-bond donors (Lipinski definition) is 1. The summed E-state index contributed by atoms with van der Waals surface area (Å²) < 4.78 is 0. The van der Waals surface area contributed by atoms with Crippen LogP contribution in [0.3, 0.4) is 0 Å². The number of carbonyl (C=O) groups is 2. The molecule has 0 saturated carbocycles. The Hall–Kier alpha value is -0.870. The van der Waals surface area contributed by atoms with Gasteiger partial charge in [0.1, 0.15) is 0 Å². The average Bonchev–Trinajstić information content (AvgIpc) is 2.53. The molecule has 1 rings (SSSR count). The summed E-state index contributed by atoms with van der Waals surface area (Å²) >= 11 is 6.56. The summed E-state index contributed by atoms with van der Waals surface area (Å²) in [6.07, 6.45) is 0.307. The molecule has 0 fully saturated rings. The standard InChI is InChI=1S/C8H8ClNO2S/c9-7(11)5-10-8(12)4-6-2-1-3-13-6/h1-3H,4-5H2,(H,10,12). The molecule has 0 aliphatic heterocycles. The second-order valence-electron chi connectivity index (χ2n) is 2.39.